The van der Waals surface area contributed by atoms with Gasteiger partial charge in [-0.25, -0.2) is 8.78 Å². The van der Waals surface area contributed by atoms with E-state index in [9.17, 15) is 8.78 Å². The summed E-state index contributed by atoms with van der Waals surface area (Å²) in [6.07, 6.45) is 0.791. The van der Waals surface area contributed by atoms with Crippen LogP contribution in [0.25, 0.3) is 0 Å². The molecule has 0 radical (unpaired) electrons. The van der Waals surface area contributed by atoms with Gasteiger partial charge < -0.3 is 5.32 Å². The quantitative estimate of drug-likeness (QED) is 0.830. The molecule has 1 atom stereocenters. The van der Waals surface area contributed by atoms with Crippen molar-refractivity contribution >= 4 is 5.69 Å². The molecular weight excluding hydrogens is 244 g/mol. The number of benzene rings is 2. The van der Waals surface area contributed by atoms with Gasteiger partial charge in [0.1, 0.15) is 11.6 Å². The Morgan fingerprint density at radius 2 is 1.74 bits per heavy atom. The second-order valence-corrected chi connectivity index (χ2v) is 4.64. The van der Waals surface area contributed by atoms with Gasteiger partial charge in [0, 0.05) is 0 Å². The number of halogens is 2. The van der Waals surface area contributed by atoms with Crippen molar-refractivity contribution in [2.75, 3.05) is 5.32 Å². The first-order valence-electron chi connectivity index (χ1n) is 6.38. The normalized spacial score (nSPS) is 12.2. The van der Waals surface area contributed by atoms with Crippen molar-refractivity contribution in [3.8, 4) is 0 Å². The molecule has 0 heterocycles. The molecule has 0 saturated carbocycles. The van der Waals surface area contributed by atoms with Crippen LogP contribution in [0.3, 0.4) is 0 Å². The molecule has 19 heavy (non-hydrogen) atoms. The van der Waals surface area contributed by atoms with Crippen LogP contribution in [0.15, 0.2) is 42.5 Å². The number of rotatable bonds is 4. The molecule has 0 aromatic heterocycles. The largest absolute Gasteiger partial charge is 0.376 e. The fourth-order valence-electron chi connectivity index (χ4n) is 2.02. The summed E-state index contributed by atoms with van der Waals surface area (Å²) in [6.45, 7) is 4.03. The molecule has 0 aliphatic carbocycles. The minimum absolute atomic E-state index is 0.0306. The predicted molar refractivity (Wildman–Crippen MR) is 74.2 cm³/mol. The molecule has 0 amide bonds. The Morgan fingerprint density at radius 1 is 1.05 bits per heavy atom. The monoisotopic (exact) mass is 261 g/mol. The van der Waals surface area contributed by atoms with E-state index in [0.29, 0.717) is 0 Å². The standard InChI is InChI=1S/C16H17F2N/c1-3-15(12-6-4-11(2)5-7-12)19-16-10-13(17)8-9-14(16)18/h4-10,15,19H,3H2,1-2H3. The van der Waals surface area contributed by atoms with Crippen LogP contribution < -0.4 is 5.32 Å². The van der Waals surface area contributed by atoms with Crippen LogP contribution in [0.5, 0.6) is 0 Å². The van der Waals surface area contributed by atoms with Gasteiger partial charge in [0.05, 0.1) is 11.7 Å². The van der Waals surface area contributed by atoms with Crippen molar-refractivity contribution in [2.24, 2.45) is 0 Å². The Labute approximate surface area is 112 Å². The SMILES string of the molecule is CCC(Nc1cc(F)ccc1F)c1ccc(C)cc1. The van der Waals surface area contributed by atoms with Crippen LogP contribution in [0.1, 0.15) is 30.5 Å². The summed E-state index contributed by atoms with van der Waals surface area (Å²) in [5.74, 6) is -0.880. The average molecular weight is 261 g/mol. The van der Waals surface area contributed by atoms with Crippen LogP contribution in [0.4, 0.5) is 14.5 Å². The van der Waals surface area contributed by atoms with Crippen LogP contribution in [0, 0.1) is 18.6 Å². The maximum atomic E-state index is 13.6. The van der Waals surface area contributed by atoms with E-state index in [4.69, 9.17) is 0 Å². The van der Waals surface area contributed by atoms with Crippen molar-refractivity contribution < 1.29 is 8.78 Å². The summed E-state index contributed by atoms with van der Waals surface area (Å²) in [6, 6.07) is 11.5. The highest BCUT2D eigenvalue weighted by Gasteiger charge is 2.12. The van der Waals surface area contributed by atoms with E-state index >= 15 is 0 Å². The van der Waals surface area contributed by atoms with E-state index in [2.05, 4.69) is 5.32 Å². The fourth-order valence-corrected chi connectivity index (χ4v) is 2.02. The van der Waals surface area contributed by atoms with Crippen molar-refractivity contribution in [2.45, 2.75) is 26.3 Å². The van der Waals surface area contributed by atoms with E-state index in [1.165, 1.54) is 11.6 Å². The van der Waals surface area contributed by atoms with Crippen molar-refractivity contribution in [1.82, 2.24) is 0 Å². The molecule has 1 N–H and O–H groups in total. The fraction of sp³-hybridized carbons (Fsp3) is 0.250. The Bertz CT molecular complexity index is 549. The highest BCUT2D eigenvalue weighted by molar-refractivity contribution is 5.47. The lowest BCUT2D eigenvalue weighted by molar-refractivity contribution is 0.598. The first kappa shape index (κ1) is 13.5. The number of aryl methyl sites for hydroxylation is 1. The molecule has 100 valence electrons. The topological polar surface area (TPSA) is 12.0 Å². The van der Waals surface area contributed by atoms with Gasteiger partial charge in [-0.3, -0.25) is 0 Å². The van der Waals surface area contributed by atoms with Crippen LogP contribution >= 0.6 is 0 Å². The average Bonchev–Trinajstić information content (AvgIpc) is 2.41. The smallest absolute Gasteiger partial charge is 0.146 e. The molecule has 2 aromatic rings. The van der Waals surface area contributed by atoms with E-state index in [1.54, 1.807) is 0 Å². The molecule has 0 saturated heterocycles. The molecule has 0 fully saturated rings. The summed E-state index contributed by atoms with van der Waals surface area (Å²) < 4.78 is 26.8. The first-order valence-corrected chi connectivity index (χ1v) is 6.38. The minimum Gasteiger partial charge on any atom is -0.376 e. The van der Waals surface area contributed by atoms with Gasteiger partial charge in [-0.15, -0.1) is 0 Å². The van der Waals surface area contributed by atoms with Gasteiger partial charge >= 0.3 is 0 Å². The Morgan fingerprint density at radius 3 is 2.37 bits per heavy atom. The Kier molecular flexibility index (Phi) is 4.15. The molecule has 0 aliphatic rings. The van der Waals surface area contributed by atoms with E-state index in [-0.39, 0.29) is 11.7 Å². The van der Waals surface area contributed by atoms with E-state index in [1.807, 2.05) is 38.1 Å². The third kappa shape index (κ3) is 3.31. The maximum Gasteiger partial charge on any atom is 0.146 e. The highest BCUT2D eigenvalue weighted by atomic mass is 19.1. The zero-order valence-corrected chi connectivity index (χ0v) is 11.1. The number of nitrogens with one attached hydrogen (secondary N) is 1. The number of hydrogen-bond acceptors (Lipinski definition) is 1. The Balaban J connectivity index is 2.23. The van der Waals surface area contributed by atoms with Gasteiger partial charge in [0.25, 0.3) is 0 Å². The van der Waals surface area contributed by atoms with Crippen molar-refractivity contribution in [3.63, 3.8) is 0 Å². The third-order valence-corrected chi connectivity index (χ3v) is 3.15. The number of hydrogen-bond donors (Lipinski definition) is 1. The third-order valence-electron chi connectivity index (χ3n) is 3.15. The van der Waals surface area contributed by atoms with Crippen LogP contribution in [-0.2, 0) is 0 Å². The van der Waals surface area contributed by atoms with Gasteiger partial charge in [0.15, 0.2) is 0 Å². The van der Waals surface area contributed by atoms with Crippen LogP contribution in [0.2, 0.25) is 0 Å². The molecule has 0 aliphatic heterocycles. The van der Waals surface area contributed by atoms with Gasteiger partial charge in [0.2, 0.25) is 0 Å². The molecule has 2 rings (SSSR count). The van der Waals surface area contributed by atoms with Gasteiger partial charge in [-0.2, -0.15) is 0 Å². The lowest BCUT2D eigenvalue weighted by Crippen LogP contribution is -2.11. The zero-order chi connectivity index (χ0) is 13.8. The second kappa shape index (κ2) is 5.83. The summed E-state index contributed by atoms with van der Waals surface area (Å²) in [7, 11) is 0. The maximum absolute atomic E-state index is 13.6. The lowest BCUT2D eigenvalue weighted by atomic mass is 10.0. The lowest BCUT2D eigenvalue weighted by Gasteiger charge is -2.19. The zero-order valence-electron chi connectivity index (χ0n) is 11.1. The van der Waals surface area contributed by atoms with E-state index in [0.717, 1.165) is 24.1 Å². The summed E-state index contributed by atoms with van der Waals surface area (Å²) in [5.41, 5.74) is 2.44. The summed E-state index contributed by atoms with van der Waals surface area (Å²) >= 11 is 0. The van der Waals surface area contributed by atoms with Gasteiger partial charge in [-0.05, 0) is 37.1 Å². The second-order valence-electron chi connectivity index (χ2n) is 4.64. The van der Waals surface area contributed by atoms with Crippen molar-refractivity contribution in [1.29, 1.82) is 0 Å². The van der Waals surface area contributed by atoms with E-state index < -0.39 is 11.6 Å². The molecule has 1 nitrogen and oxygen atoms in total. The first-order chi connectivity index (χ1) is 9.10. The number of anilines is 1. The molecule has 0 spiro atoms. The highest BCUT2D eigenvalue weighted by Crippen LogP contribution is 2.25. The Hall–Kier alpha value is -1.90. The van der Waals surface area contributed by atoms with Crippen molar-refractivity contribution in [3.05, 3.63) is 65.2 Å². The molecule has 3 heteroatoms. The molecule has 2 aromatic carbocycles. The summed E-state index contributed by atoms with van der Waals surface area (Å²) in [5, 5.41) is 3.06. The molecular formula is C16H17F2N. The van der Waals surface area contributed by atoms with Gasteiger partial charge in [-0.1, -0.05) is 36.8 Å². The molecule has 0 bridgehead atoms. The van der Waals surface area contributed by atoms with Crippen LogP contribution in [-0.4, -0.2) is 0 Å². The minimum atomic E-state index is -0.442. The molecule has 1 unspecified atom stereocenters. The summed E-state index contributed by atoms with van der Waals surface area (Å²) in [4.78, 5) is 0. The predicted octanol–water partition coefficient (Wildman–Crippen LogP) is 4.84.